The van der Waals surface area contributed by atoms with Gasteiger partial charge in [0.2, 0.25) is 0 Å². The van der Waals surface area contributed by atoms with Gasteiger partial charge in [-0.25, -0.2) is 0 Å². The summed E-state index contributed by atoms with van der Waals surface area (Å²) < 4.78 is 42.1. The summed E-state index contributed by atoms with van der Waals surface area (Å²) in [5.41, 5.74) is 2.72. The Balaban J connectivity index is 1.42. The Bertz CT molecular complexity index is 1490. The summed E-state index contributed by atoms with van der Waals surface area (Å²) in [6.07, 6.45) is 3.51. The van der Waals surface area contributed by atoms with Gasteiger partial charge in [0.25, 0.3) is 17.4 Å². The predicted molar refractivity (Wildman–Crippen MR) is 147 cm³/mol. The van der Waals surface area contributed by atoms with Gasteiger partial charge < -0.3 is 19.3 Å². The molecule has 2 aromatic heterocycles. The Morgan fingerprint density at radius 2 is 1.92 bits per heavy atom. The van der Waals surface area contributed by atoms with Crippen molar-refractivity contribution in [2.75, 3.05) is 11.9 Å². The number of nitrogens with zero attached hydrogens (tertiary/aromatic N) is 3. The van der Waals surface area contributed by atoms with E-state index >= 15 is 0 Å². The number of aryl methyl sites for hydroxylation is 1. The Kier molecular flexibility index (Phi) is 8.37. The third-order valence-electron chi connectivity index (χ3n) is 5.74. The Labute approximate surface area is 219 Å². The smallest absolute Gasteiger partial charge is 0.387 e. The van der Waals surface area contributed by atoms with E-state index in [4.69, 9.17) is 9.26 Å². The normalized spacial score (nSPS) is 12.1. The fourth-order valence-electron chi connectivity index (χ4n) is 3.70. The molecule has 200 valence electrons. The molecule has 0 aliphatic rings. The van der Waals surface area contributed by atoms with Gasteiger partial charge in [-0.1, -0.05) is 25.7 Å². The number of hydrogen-bond donors (Lipinski definition) is 1. The molecular formula is C27H30F2N4O4Si. The first-order valence-electron chi connectivity index (χ1n) is 12.1. The second-order valence-electron chi connectivity index (χ2n) is 10.0. The predicted octanol–water partition coefficient (Wildman–Crippen LogP) is 6.52. The van der Waals surface area contributed by atoms with Crippen LogP contribution in [0, 0.1) is 6.92 Å². The van der Waals surface area contributed by atoms with Crippen molar-refractivity contribution in [1.82, 2.24) is 14.7 Å². The van der Waals surface area contributed by atoms with E-state index < -0.39 is 14.7 Å². The minimum Gasteiger partial charge on any atom is -0.435 e. The number of hydrogen-bond acceptors (Lipinski definition) is 7. The number of fused-ring (bicyclic) bond motifs is 1. The van der Waals surface area contributed by atoms with Crippen LogP contribution in [0.2, 0.25) is 25.7 Å². The molecule has 38 heavy (non-hydrogen) atoms. The standard InChI is InChI=1S/C27H30F2N4O4Si/c1-18-15-21(8-10-23(18)36-26(28)29)30-27-31-24(37-32-27)11-6-19-5-9-22-20(16-19)7-12-25(34)33(22)17-35-13-14-38(2,3)4/h5-12,15-16,26H,13-14,17H2,1-4H3,(H,30,32)/b11-6+. The van der Waals surface area contributed by atoms with Crippen molar-refractivity contribution in [1.29, 1.82) is 0 Å². The quantitative estimate of drug-likeness (QED) is 0.171. The molecule has 0 bridgehead atoms. The van der Waals surface area contributed by atoms with Crippen LogP contribution in [-0.2, 0) is 11.5 Å². The molecule has 0 fully saturated rings. The minimum atomic E-state index is -2.88. The number of nitrogens with one attached hydrogen (secondary N) is 1. The molecule has 2 heterocycles. The number of halogens is 2. The molecular weight excluding hydrogens is 510 g/mol. The third kappa shape index (κ3) is 7.36. The van der Waals surface area contributed by atoms with Crippen LogP contribution in [0.3, 0.4) is 0 Å². The first-order chi connectivity index (χ1) is 18.1. The highest BCUT2D eigenvalue weighted by Crippen LogP contribution is 2.25. The Hall–Kier alpha value is -3.83. The zero-order valence-corrected chi connectivity index (χ0v) is 22.7. The highest BCUT2D eigenvalue weighted by molar-refractivity contribution is 6.76. The van der Waals surface area contributed by atoms with Crippen LogP contribution < -0.4 is 15.6 Å². The summed E-state index contributed by atoms with van der Waals surface area (Å²) in [5, 5.41) is 7.78. The Morgan fingerprint density at radius 3 is 2.66 bits per heavy atom. The molecule has 0 radical (unpaired) electrons. The molecule has 0 atom stereocenters. The summed E-state index contributed by atoms with van der Waals surface area (Å²) >= 11 is 0. The van der Waals surface area contributed by atoms with Crippen molar-refractivity contribution < 1.29 is 22.8 Å². The van der Waals surface area contributed by atoms with Gasteiger partial charge in [-0.3, -0.25) is 9.36 Å². The molecule has 0 aliphatic carbocycles. The molecule has 0 unspecified atom stereocenters. The van der Waals surface area contributed by atoms with Crippen molar-refractivity contribution in [3.8, 4) is 5.75 Å². The summed E-state index contributed by atoms with van der Waals surface area (Å²) in [7, 11) is -1.20. The largest absolute Gasteiger partial charge is 0.435 e. The van der Waals surface area contributed by atoms with Crippen LogP contribution >= 0.6 is 0 Å². The van der Waals surface area contributed by atoms with Gasteiger partial charge >= 0.3 is 6.61 Å². The topological polar surface area (TPSA) is 91.4 Å². The minimum absolute atomic E-state index is 0.101. The number of anilines is 2. The van der Waals surface area contributed by atoms with Crippen LogP contribution in [0.4, 0.5) is 20.4 Å². The van der Waals surface area contributed by atoms with E-state index in [0.717, 1.165) is 22.5 Å². The molecule has 4 aromatic rings. The SMILES string of the molecule is Cc1cc(Nc2noc(/C=C/c3ccc4c(ccc(=O)n4COCC[Si](C)(C)C)c3)n2)ccc1OC(F)F. The monoisotopic (exact) mass is 540 g/mol. The number of alkyl halides is 2. The molecule has 1 N–H and O–H groups in total. The van der Waals surface area contributed by atoms with Gasteiger partial charge in [-0.15, -0.1) is 0 Å². The molecule has 0 spiro atoms. The van der Waals surface area contributed by atoms with Gasteiger partial charge in [0, 0.05) is 32.5 Å². The van der Waals surface area contributed by atoms with Gasteiger partial charge in [0.1, 0.15) is 12.5 Å². The molecule has 8 nitrogen and oxygen atoms in total. The average Bonchev–Trinajstić information content (AvgIpc) is 3.29. The van der Waals surface area contributed by atoms with Crippen LogP contribution in [-0.4, -0.2) is 36.0 Å². The molecule has 0 aliphatic heterocycles. The number of pyridine rings is 1. The van der Waals surface area contributed by atoms with E-state index in [0.29, 0.717) is 17.9 Å². The van der Waals surface area contributed by atoms with E-state index in [1.165, 1.54) is 6.07 Å². The first kappa shape index (κ1) is 27.2. The lowest BCUT2D eigenvalue weighted by atomic mass is 10.1. The first-order valence-corrected chi connectivity index (χ1v) is 15.8. The molecule has 4 rings (SSSR count). The maximum absolute atomic E-state index is 12.5. The second-order valence-corrected chi connectivity index (χ2v) is 15.7. The zero-order chi connectivity index (χ0) is 27.3. The lowest BCUT2D eigenvalue weighted by Crippen LogP contribution is -2.24. The van der Waals surface area contributed by atoms with Crippen molar-refractivity contribution in [2.45, 2.75) is 46.0 Å². The Morgan fingerprint density at radius 1 is 1.11 bits per heavy atom. The molecule has 0 saturated heterocycles. The molecule has 0 amide bonds. The third-order valence-corrected chi connectivity index (χ3v) is 7.44. The van der Waals surface area contributed by atoms with Crippen molar-refractivity contribution >= 4 is 42.8 Å². The van der Waals surface area contributed by atoms with Crippen LogP contribution in [0.5, 0.6) is 5.75 Å². The number of rotatable bonds is 11. The van der Waals surface area contributed by atoms with Crippen LogP contribution in [0.1, 0.15) is 17.0 Å². The number of ether oxygens (including phenoxy) is 2. The lowest BCUT2D eigenvalue weighted by Gasteiger charge is -2.16. The van der Waals surface area contributed by atoms with E-state index in [1.807, 2.05) is 24.3 Å². The van der Waals surface area contributed by atoms with E-state index in [9.17, 15) is 13.6 Å². The molecule has 2 aromatic carbocycles. The lowest BCUT2D eigenvalue weighted by molar-refractivity contribution is -0.0502. The summed E-state index contributed by atoms with van der Waals surface area (Å²) in [6.45, 7) is 6.50. The summed E-state index contributed by atoms with van der Waals surface area (Å²) in [4.78, 5) is 16.7. The number of aromatic nitrogens is 3. The van der Waals surface area contributed by atoms with Gasteiger partial charge in [-0.05, 0) is 77.1 Å². The zero-order valence-electron chi connectivity index (χ0n) is 21.7. The second kappa shape index (κ2) is 11.7. The van der Waals surface area contributed by atoms with E-state index in [1.54, 1.807) is 41.8 Å². The van der Waals surface area contributed by atoms with Crippen molar-refractivity contribution in [2.24, 2.45) is 0 Å². The van der Waals surface area contributed by atoms with Crippen molar-refractivity contribution in [3.63, 3.8) is 0 Å². The fourth-order valence-corrected chi connectivity index (χ4v) is 4.46. The van der Waals surface area contributed by atoms with Gasteiger partial charge in [0.15, 0.2) is 0 Å². The van der Waals surface area contributed by atoms with Crippen molar-refractivity contribution in [3.05, 3.63) is 75.9 Å². The summed E-state index contributed by atoms with van der Waals surface area (Å²) in [5.74, 6) is 0.607. The summed E-state index contributed by atoms with van der Waals surface area (Å²) in [6, 6.07) is 14.8. The highest BCUT2D eigenvalue weighted by atomic mass is 28.3. The van der Waals surface area contributed by atoms with E-state index in [2.05, 4.69) is 39.8 Å². The van der Waals surface area contributed by atoms with E-state index in [-0.39, 0.29) is 29.9 Å². The molecule has 11 heteroatoms. The maximum atomic E-state index is 12.5. The number of benzene rings is 2. The average molecular weight is 541 g/mol. The van der Waals surface area contributed by atoms with Crippen LogP contribution in [0.25, 0.3) is 23.1 Å². The maximum Gasteiger partial charge on any atom is 0.387 e. The van der Waals surface area contributed by atoms with Gasteiger partial charge in [0.05, 0.1) is 5.52 Å². The highest BCUT2D eigenvalue weighted by Gasteiger charge is 2.13. The van der Waals surface area contributed by atoms with Crippen LogP contribution in [0.15, 0.2) is 57.8 Å². The van der Waals surface area contributed by atoms with Gasteiger partial charge in [-0.2, -0.15) is 13.8 Å². The molecule has 0 saturated carbocycles. The fraction of sp³-hybridized carbons (Fsp3) is 0.296.